The number of thioether (sulfide) groups is 1. The van der Waals surface area contributed by atoms with Gasteiger partial charge in [0, 0.05) is 29.4 Å². The lowest BCUT2D eigenvalue weighted by Crippen LogP contribution is -2.26. The van der Waals surface area contributed by atoms with E-state index in [1.165, 1.54) is 16.2 Å². The summed E-state index contributed by atoms with van der Waals surface area (Å²) in [5.74, 6) is 0.0282. The van der Waals surface area contributed by atoms with Crippen LogP contribution in [0.5, 0.6) is 0 Å². The molecule has 0 unspecified atom stereocenters. The number of carbonyl (C=O) groups is 1. The summed E-state index contributed by atoms with van der Waals surface area (Å²) in [5, 5.41) is 5.00. The Kier molecular flexibility index (Phi) is 5.38. The summed E-state index contributed by atoms with van der Waals surface area (Å²) in [6, 6.07) is 10.4. The van der Waals surface area contributed by atoms with Gasteiger partial charge in [0.05, 0.1) is 5.69 Å². The maximum Gasteiger partial charge on any atom is 0.265 e. The Bertz CT molecular complexity index is 823. The molecule has 6 heteroatoms. The molecule has 0 aliphatic heterocycles. The van der Waals surface area contributed by atoms with Crippen molar-refractivity contribution in [2.75, 3.05) is 13.3 Å². The number of thiazole rings is 1. The summed E-state index contributed by atoms with van der Waals surface area (Å²) in [4.78, 5) is 21.0. The van der Waals surface area contributed by atoms with E-state index in [2.05, 4.69) is 40.9 Å². The summed E-state index contributed by atoms with van der Waals surface area (Å²) >= 11 is 4.83. The average molecular weight is 375 g/mol. The van der Waals surface area contributed by atoms with Gasteiger partial charge < -0.3 is 4.90 Å². The lowest BCUT2D eigenvalue weighted by atomic mass is 10.2. The third-order valence-electron chi connectivity index (χ3n) is 3.68. The number of aryl methyl sites for hydroxylation is 1. The summed E-state index contributed by atoms with van der Waals surface area (Å²) in [5.41, 5.74) is 3.02. The van der Waals surface area contributed by atoms with Crippen molar-refractivity contribution in [1.82, 2.24) is 9.88 Å². The van der Waals surface area contributed by atoms with Gasteiger partial charge in [0.2, 0.25) is 0 Å². The number of thiophene rings is 1. The number of amides is 1. The van der Waals surface area contributed by atoms with E-state index in [0.717, 1.165) is 26.7 Å². The second-order valence-corrected chi connectivity index (χ2v) is 8.11. The molecule has 0 N–H and O–H groups in total. The average Bonchev–Trinajstić information content (AvgIpc) is 3.24. The molecule has 0 radical (unpaired) electrons. The molecular formula is C18H18N2OS3. The molecule has 0 atom stereocenters. The van der Waals surface area contributed by atoms with E-state index in [9.17, 15) is 4.79 Å². The molecule has 124 valence electrons. The van der Waals surface area contributed by atoms with Gasteiger partial charge in [-0.25, -0.2) is 4.98 Å². The van der Waals surface area contributed by atoms with Crippen molar-refractivity contribution >= 4 is 40.3 Å². The molecule has 2 aromatic heterocycles. The molecule has 24 heavy (non-hydrogen) atoms. The minimum Gasteiger partial charge on any atom is -0.337 e. The summed E-state index contributed by atoms with van der Waals surface area (Å²) in [7, 11) is 1.84. The van der Waals surface area contributed by atoms with Crippen LogP contribution < -0.4 is 0 Å². The van der Waals surface area contributed by atoms with Gasteiger partial charge in [0.1, 0.15) is 9.88 Å². The van der Waals surface area contributed by atoms with Crippen LogP contribution >= 0.6 is 34.4 Å². The van der Waals surface area contributed by atoms with Crippen LogP contribution in [0.25, 0.3) is 10.6 Å². The van der Waals surface area contributed by atoms with E-state index in [-0.39, 0.29) is 5.91 Å². The largest absolute Gasteiger partial charge is 0.337 e. The Hall–Kier alpha value is -1.63. The standard InChI is InChI=1S/C18H18N2OS3/c1-12-16(24-17(19-12)14-8-9-23-11-14)18(21)20(2)10-13-4-6-15(22-3)7-5-13/h4-9,11H,10H2,1-3H3. The van der Waals surface area contributed by atoms with E-state index in [4.69, 9.17) is 0 Å². The van der Waals surface area contributed by atoms with E-state index in [1.807, 2.05) is 25.4 Å². The molecule has 0 spiro atoms. The minimum absolute atomic E-state index is 0.0282. The first-order valence-corrected chi connectivity index (χ1v) is 10.5. The van der Waals surface area contributed by atoms with Crippen LogP contribution in [0.1, 0.15) is 20.9 Å². The highest BCUT2D eigenvalue weighted by Gasteiger charge is 2.20. The van der Waals surface area contributed by atoms with Crippen LogP contribution in [-0.4, -0.2) is 29.1 Å². The molecular weight excluding hydrogens is 356 g/mol. The lowest BCUT2D eigenvalue weighted by Gasteiger charge is -2.16. The van der Waals surface area contributed by atoms with Crippen molar-refractivity contribution in [3.63, 3.8) is 0 Å². The molecule has 2 heterocycles. The van der Waals surface area contributed by atoms with Gasteiger partial charge >= 0.3 is 0 Å². The van der Waals surface area contributed by atoms with Gasteiger partial charge in [-0.15, -0.1) is 23.1 Å². The Labute approximate surface area is 154 Å². The summed E-state index contributed by atoms with van der Waals surface area (Å²) in [6.45, 7) is 2.50. The third-order valence-corrected chi connectivity index (χ3v) is 6.31. The number of hydrogen-bond acceptors (Lipinski definition) is 5. The van der Waals surface area contributed by atoms with Crippen molar-refractivity contribution < 1.29 is 4.79 Å². The maximum absolute atomic E-state index is 12.8. The predicted octanol–water partition coefficient (Wildman–Crippen LogP) is 5.17. The topological polar surface area (TPSA) is 33.2 Å². The maximum atomic E-state index is 12.8. The van der Waals surface area contributed by atoms with E-state index >= 15 is 0 Å². The van der Waals surface area contributed by atoms with Crippen molar-refractivity contribution in [3.05, 3.63) is 57.2 Å². The molecule has 0 aliphatic carbocycles. The summed E-state index contributed by atoms with van der Waals surface area (Å²) < 4.78 is 0. The fraction of sp³-hybridized carbons (Fsp3) is 0.222. The monoisotopic (exact) mass is 374 g/mol. The van der Waals surface area contributed by atoms with Crippen LogP contribution in [0.3, 0.4) is 0 Å². The van der Waals surface area contributed by atoms with E-state index in [1.54, 1.807) is 28.0 Å². The van der Waals surface area contributed by atoms with Crippen LogP contribution in [0.15, 0.2) is 46.0 Å². The Morgan fingerprint density at radius 3 is 2.62 bits per heavy atom. The van der Waals surface area contributed by atoms with Crippen LogP contribution in [0.2, 0.25) is 0 Å². The fourth-order valence-corrected chi connectivity index (χ4v) is 4.54. The summed E-state index contributed by atoms with van der Waals surface area (Å²) in [6.07, 6.45) is 2.06. The van der Waals surface area contributed by atoms with E-state index < -0.39 is 0 Å². The second kappa shape index (κ2) is 7.51. The first-order chi connectivity index (χ1) is 11.6. The predicted molar refractivity (Wildman–Crippen MR) is 104 cm³/mol. The zero-order valence-corrected chi connectivity index (χ0v) is 16.2. The van der Waals surface area contributed by atoms with E-state index in [0.29, 0.717) is 6.54 Å². The highest BCUT2D eigenvalue weighted by molar-refractivity contribution is 7.98. The Balaban J connectivity index is 1.75. The molecule has 0 saturated heterocycles. The first-order valence-electron chi connectivity index (χ1n) is 7.47. The second-order valence-electron chi connectivity index (χ2n) is 5.45. The number of nitrogens with zero attached hydrogens (tertiary/aromatic N) is 2. The normalized spacial score (nSPS) is 10.8. The quantitative estimate of drug-likeness (QED) is 0.577. The molecule has 0 bridgehead atoms. The molecule has 1 aromatic carbocycles. The number of aromatic nitrogens is 1. The van der Waals surface area contributed by atoms with Gasteiger partial charge in [-0.05, 0) is 42.3 Å². The molecule has 0 fully saturated rings. The lowest BCUT2D eigenvalue weighted by molar-refractivity contribution is 0.0789. The number of hydrogen-bond donors (Lipinski definition) is 0. The number of rotatable bonds is 5. The number of carbonyl (C=O) groups excluding carboxylic acids is 1. The first kappa shape index (κ1) is 17.2. The zero-order chi connectivity index (χ0) is 17.1. The zero-order valence-electron chi connectivity index (χ0n) is 13.8. The van der Waals surface area contributed by atoms with Crippen molar-refractivity contribution in [2.24, 2.45) is 0 Å². The molecule has 0 aliphatic rings. The Morgan fingerprint density at radius 2 is 2.00 bits per heavy atom. The van der Waals surface area contributed by atoms with Crippen LogP contribution in [0.4, 0.5) is 0 Å². The van der Waals surface area contributed by atoms with Crippen molar-refractivity contribution in [2.45, 2.75) is 18.4 Å². The SMILES string of the molecule is CSc1ccc(CN(C)C(=O)c2sc(-c3ccsc3)nc2C)cc1. The van der Waals surface area contributed by atoms with Crippen LogP contribution in [0, 0.1) is 6.92 Å². The fourth-order valence-electron chi connectivity index (χ4n) is 2.35. The number of benzene rings is 1. The van der Waals surface area contributed by atoms with Crippen molar-refractivity contribution in [1.29, 1.82) is 0 Å². The van der Waals surface area contributed by atoms with Crippen LogP contribution in [-0.2, 0) is 6.54 Å². The van der Waals surface area contributed by atoms with Gasteiger partial charge in [0.25, 0.3) is 5.91 Å². The molecule has 3 aromatic rings. The Morgan fingerprint density at radius 1 is 1.25 bits per heavy atom. The van der Waals surface area contributed by atoms with Gasteiger partial charge in [-0.1, -0.05) is 12.1 Å². The van der Waals surface area contributed by atoms with Gasteiger partial charge in [-0.3, -0.25) is 4.79 Å². The molecule has 3 rings (SSSR count). The highest BCUT2D eigenvalue weighted by Crippen LogP contribution is 2.30. The van der Waals surface area contributed by atoms with Crippen molar-refractivity contribution in [3.8, 4) is 10.6 Å². The molecule has 0 saturated carbocycles. The molecule has 1 amide bonds. The minimum atomic E-state index is 0.0282. The molecule has 3 nitrogen and oxygen atoms in total. The smallest absolute Gasteiger partial charge is 0.265 e. The van der Waals surface area contributed by atoms with Gasteiger partial charge in [-0.2, -0.15) is 11.3 Å². The van der Waals surface area contributed by atoms with Gasteiger partial charge in [0.15, 0.2) is 0 Å². The highest BCUT2D eigenvalue weighted by atomic mass is 32.2. The third kappa shape index (κ3) is 3.71.